The first-order valence-corrected chi connectivity index (χ1v) is 11.1. The molecule has 1 N–H and O–H groups in total. The highest BCUT2D eigenvalue weighted by Gasteiger charge is 2.30. The Morgan fingerprint density at radius 1 is 1.03 bits per heavy atom. The quantitative estimate of drug-likeness (QED) is 0.747. The van der Waals surface area contributed by atoms with Gasteiger partial charge < -0.3 is 14.8 Å². The molecule has 3 rings (SSSR count). The van der Waals surface area contributed by atoms with Crippen molar-refractivity contribution in [3.8, 4) is 11.5 Å². The van der Waals surface area contributed by atoms with E-state index in [4.69, 9.17) is 9.47 Å². The normalized spacial score (nSPS) is 15.2. The van der Waals surface area contributed by atoms with E-state index in [9.17, 15) is 22.0 Å². The Balaban J connectivity index is 1.80. The lowest BCUT2D eigenvalue weighted by molar-refractivity contribution is -0.122. The molecule has 0 aromatic heterocycles. The number of carbonyl (C=O) groups excluding carboxylic acids is 1. The van der Waals surface area contributed by atoms with E-state index in [0.717, 1.165) is 34.3 Å². The number of rotatable bonds is 6. The summed E-state index contributed by atoms with van der Waals surface area (Å²) in [6, 6.07) is 6.23. The maximum Gasteiger partial charge on any atom is 0.244 e. The average molecular weight is 440 g/mol. The Labute approximate surface area is 173 Å². The zero-order valence-electron chi connectivity index (χ0n) is 16.7. The van der Waals surface area contributed by atoms with E-state index in [1.165, 1.54) is 6.92 Å². The molecule has 7 nitrogen and oxygen atoms in total. The molecule has 0 bridgehead atoms. The number of carbonyl (C=O) groups is 1. The van der Waals surface area contributed by atoms with Crippen LogP contribution in [0.25, 0.3) is 0 Å². The number of hydrogen-bond acceptors (Lipinski definition) is 5. The van der Waals surface area contributed by atoms with Crippen molar-refractivity contribution >= 4 is 21.6 Å². The topological polar surface area (TPSA) is 84.9 Å². The van der Waals surface area contributed by atoms with Gasteiger partial charge in [-0.05, 0) is 43.7 Å². The van der Waals surface area contributed by atoms with E-state index < -0.39 is 39.6 Å². The lowest BCUT2D eigenvalue weighted by Crippen LogP contribution is -2.48. The van der Waals surface area contributed by atoms with Crippen LogP contribution < -0.4 is 19.1 Å². The SMILES string of the molecule is C[C@@H](NC(=O)[C@H](C)N(c1ccc(F)c(F)c1)S(C)(=O)=O)c1ccc2c(c1)OCCO2. The molecular weight excluding hydrogens is 418 g/mol. The fourth-order valence-electron chi connectivity index (χ4n) is 3.18. The van der Waals surface area contributed by atoms with Crippen LogP contribution in [0.1, 0.15) is 25.5 Å². The molecule has 10 heteroatoms. The molecule has 1 aliphatic rings. The fraction of sp³-hybridized carbons (Fsp3) is 0.350. The Kier molecular flexibility index (Phi) is 6.16. The molecule has 1 heterocycles. The standard InChI is InChI=1S/C20H22F2N2O5S/c1-12(14-4-7-18-19(10-14)29-9-8-28-18)23-20(25)13(2)24(30(3,26)27)15-5-6-16(21)17(22)11-15/h4-7,10-13H,8-9H2,1-3H3,(H,23,25)/t12-,13+/m1/s1. The van der Waals surface area contributed by atoms with Crippen LogP contribution in [0.3, 0.4) is 0 Å². The second-order valence-electron chi connectivity index (χ2n) is 6.97. The molecule has 1 aliphatic heterocycles. The molecule has 0 spiro atoms. The Morgan fingerprint density at radius 2 is 1.70 bits per heavy atom. The summed E-state index contributed by atoms with van der Waals surface area (Å²) >= 11 is 0. The van der Waals surface area contributed by atoms with Gasteiger partial charge in [0.25, 0.3) is 0 Å². The van der Waals surface area contributed by atoms with E-state index in [2.05, 4.69) is 5.32 Å². The molecule has 0 fully saturated rings. The first-order valence-electron chi connectivity index (χ1n) is 9.22. The van der Waals surface area contributed by atoms with Gasteiger partial charge in [-0.15, -0.1) is 0 Å². The first-order chi connectivity index (χ1) is 14.1. The molecule has 0 saturated heterocycles. The van der Waals surface area contributed by atoms with Crippen LogP contribution in [0.2, 0.25) is 0 Å². The molecule has 0 unspecified atom stereocenters. The summed E-state index contributed by atoms with van der Waals surface area (Å²) in [4.78, 5) is 12.8. The van der Waals surface area contributed by atoms with Crippen molar-refractivity contribution < 1.29 is 31.5 Å². The number of amides is 1. The number of nitrogens with zero attached hydrogens (tertiary/aromatic N) is 1. The smallest absolute Gasteiger partial charge is 0.244 e. The average Bonchev–Trinajstić information content (AvgIpc) is 2.69. The van der Waals surface area contributed by atoms with Crippen molar-refractivity contribution in [3.05, 3.63) is 53.6 Å². The third-order valence-corrected chi connectivity index (χ3v) is 5.91. The highest BCUT2D eigenvalue weighted by Crippen LogP contribution is 2.32. The summed E-state index contributed by atoms with van der Waals surface area (Å²) in [6.07, 6.45) is 0.891. The van der Waals surface area contributed by atoms with Crippen LogP contribution >= 0.6 is 0 Å². The van der Waals surface area contributed by atoms with Gasteiger partial charge in [0.05, 0.1) is 18.0 Å². The lowest BCUT2D eigenvalue weighted by atomic mass is 10.1. The molecule has 2 atom stereocenters. The van der Waals surface area contributed by atoms with Gasteiger partial charge >= 0.3 is 0 Å². The molecule has 0 radical (unpaired) electrons. The van der Waals surface area contributed by atoms with E-state index in [0.29, 0.717) is 24.7 Å². The molecule has 162 valence electrons. The summed E-state index contributed by atoms with van der Waals surface area (Å²) in [6.45, 7) is 3.99. The van der Waals surface area contributed by atoms with Gasteiger partial charge in [0, 0.05) is 6.07 Å². The number of anilines is 1. The highest BCUT2D eigenvalue weighted by atomic mass is 32.2. The van der Waals surface area contributed by atoms with Gasteiger partial charge in [-0.2, -0.15) is 0 Å². The first kappa shape index (κ1) is 21.8. The summed E-state index contributed by atoms with van der Waals surface area (Å²) in [7, 11) is -3.96. The van der Waals surface area contributed by atoms with E-state index in [1.807, 2.05) is 0 Å². The predicted octanol–water partition coefficient (Wildman–Crippen LogP) is 2.77. The summed E-state index contributed by atoms with van der Waals surface area (Å²) in [5, 5.41) is 2.74. The number of hydrogen-bond donors (Lipinski definition) is 1. The minimum atomic E-state index is -3.96. The van der Waals surface area contributed by atoms with E-state index in [-0.39, 0.29) is 5.69 Å². The molecular formula is C20H22F2N2O5S. The molecule has 2 aromatic carbocycles. The molecule has 30 heavy (non-hydrogen) atoms. The van der Waals surface area contributed by atoms with Crippen LogP contribution in [0, 0.1) is 11.6 Å². The van der Waals surface area contributed by atoms with E-state index in [1.54, 1.807) is 25.1 Å². The Hall–Kier alpha value is -2.88. The Morgan fingerprint density at radius 3 is 2.33 bits per heavy atom. The third kappa shape index (κ3) is 4.64. The molecule has 1 amide bonds. The van der Waals surface area contributed by atoms with Gasteiger partial charge in [-0.1, -0.05) is 6.07 Å². The fourth-order valence-corrected chi connectivity index (χ4v) is 4.34. The zero-order valence-corrected chi connectivity index (χ0v) is 17.5. The van der Waals surface area contributed by atoms with Crippen molar-refractivity contribution in [1.82, 2.24) is 5.32 Å². The summed E-state index contributed by atoms with van der Waals surface area (Å²) in [5.74, 6) is -1.76. The van der Waals surface area contributed by atoms with Crippen molar-refractivity contribution in [2.45, 2.75) is 25.9 Å². The monoisotopic (exact) mass is 440 g/mol. The molecule has 0 aliphatic carbocycles. The van der Waals surface area contributed by atoms with Gasteiger partial charge in [-0.25, -0.2) is 17.2 Å². The van der Waals surface area contributed by atoms with Crippen LogP contribution in [0.15, 0.2) is 36.4 Å². The number of benzene rings is 2. The molecule has 2 aromatic rings. The van der Waals surface area contributed by atoms with Gasteiger partial charge in [0.2, 0.25) is 15.9 Å². The predicted molar refractivity (Wildman–Crippen MR) is 107 cm³/mol. The number of sulfonamides is 1. The van der Waals surface area contributed by atoms with Crippen molar-refractivity contribution in [2.75, 3.05) is 23.8 Å². The van der Waals surface area contributed by atoms with Crippen molar-refractivity contribution in [1.29, 1.82) is 0 Å². The minimum Gasteiger partial charge on any atom is -0.486 e. The van der Waals surface area contributed by atoms with Crippen LogP contribution in [0.4, 0.5) is 14.5 Å². The Bertz CT molecular complexity index is 1060. The molecule has 0 saturated carbocycles. The summed E-state index contributed by atoms with van der Waals surface area (Å²) < 4.78 is 63.2. The maximum absolute atomic E-state index is 13.6. The second-order valence-corrected chi connectivity index (χ2v) is 8.83. The minimum absolute atomic E-state index is 0.147. The van der Waals surface area contributed by atoms with Gasteiger partial charge in [0.1, 0.15) is 19.3 Å². The maximum atomic E-state index is 13.6. The van der Waals surface area contributed by atoms with E-state index >= 15 is 0 Å². The van der Waals surface area contributed by atoms with Crippen molar-refractivity contribution in [3.63, 3.8) is 0 Å². The number of halogens is 2. The summed E-state index contributed by atoms with van der Waals surface area (Å²) in [5.41, 5.74) is 0.588. The lowest BCUT2D eigenvalue weighted by Gasteiger charge is -2.29. The van der Waals surface area contributed by atoms with Crippen LogP contribution in [-0.2, 0) is 14.8 Å². The van der Waals surface area contributed by atoms with Gasteiger partial charge in [0.15, 0.2) is 23.1 Å². The van der Waals surface area contributed by atoms with Crippen LogP contribution in [-0.4, -0.2) is 39.8 Å². The van der Waals surface area contributed by atoms with Crippen LogP contribution in [0.5, 0.6) is 11.5 Å². The third-order valence-electron chi connectivity index (χ3n) is 4.67. The number of fused-ring (bicyclic) bond motifs is 1. The number of ether oxygens (including phenoxy) is 2. The second kappa shape index (κ2) is 8.47. The largest absolute Gasteiger partial charge is 0.486 e. The highest BCUT2D eigenvalue weighted by molar-refractivity contribution is 7.92. The number of nitrogens with one attached hydrogen (secondary N) is 1. The van der Waals surface area contributed by atoms with Gasteiger partial charge in [-0.3, -0.25) is 9.10 Å². The van der Waals surface area contributed by atoms with Crippen molar-refractivity contribution in [2.24, 2.45) is 0 Å². The zero-order chi connectivity index (χ0) is 22.1.